The first-order valence-electron chi connectivity index (χ1n) is 5.88. The van der Waals surface area contributed by atoms with Crippen LogP contribution < -0.4 is 5.73 Å². The Balaban J connectivity index is 2.10. The highest BCUT2D eigenvalue weighted by Gasteiger charge is 2.34. The van der Waals surface area contributed by atoms with E-state index in [0.717, 1.165) is 24.3 Å². The van der Waals surface area contributed by atoms with E-state index in [1.165, 1.54) is 5.56 Å². The Bertz CT molecular complexity index is 542. The molecule has 0 unspecified atom stereocenters. The Kier molecular flexibility index (Phi) is 2.38. The molecule has 3 rings (SSSR count). The molecule has 1 fully saturated rings. The van der Waals surface area contributed by atoms with Crippen molar-refractivity contribution in [2.24, 2.45) is 5.73 Å². The molecule has 0 spiro atoms. The fraction of sp³-hybridized carbons (Fsp3) is 0.500. The van der Waals surface area contributed by atoms with Gasteiger partial charge in [-0.15, -0.1) is 10.2 Å². The first-order chi connectivity index (χ1) is 8.19. The summed E-state index contributed by atoms with van der Waals surface area (Å²) in [5.41, 5.74) is 8.05. The third-order valence-electron chi connectivity index (χ3n) is 3.40. The monoisotopic (exact) mass is 232 g/mol. The number of pyridine rings is 1. The molecule has 2 aromatic rings. The van der Waals surface area contributed by atoms with Gasteiger partial charge in [0.05, 0.1) is 5.54 Å². The number of aryl methyl sites for hydroxylation is 1. The number of fused-ring (bicyclic) bond motifs is 1. The highest BCUT2D eigenvalue weighted by Crippen LogP contribution is 2.28. The van der Waals surface area contributed by atoms with Gasteiger partial charge in [-0.05, 0) is 37.5 Å². The lowest BCUT2D eigenvalue weighted by atomic mass is 9.90. The molecule has 2 aromatic heterocycles. The van der Waals surface area contributed by atoms with Gasteiger partial charge in [0, 0.05) is 19.4 Å². The van der Waals surface area contributed by atoms with Crippen molar-refractivity contribution in [1.82, 2.24) is 14.6 Å². The van der Waals surface area contributed by atoms with Crippen molar-refractivity contribution in [2.45, 2.75) is 25.3 Å². The van der Waals surface area contributed by atoms with Crippen molar-refractivity contribution in [3.63, 3.8) is 0 Å². The third-order valence-corrected chi connectivity index (χ3v) is 3.40. The minimum absolute atomic E-state index is 0.410. The first kappa shape index (κ1) is 10.7. The lowest BCUT2D eigenvalue weighted by molar-refractivity contribution is 0.0488. The van der Waals surface area contributed by atoms with Crippen LogP contribution in [0.25, 0.3) is 5.65 Å². The number of ether oxygens (including phenoxy) is 1. The predicted octanol–water partition coefficient (Wildman–Crippen LogP) is 1.00. The van der Waals surface area contributed by atoms with E-state index >= 15 is 0 Å². The van der Waals surface area contributed by atoms with Gasteiger partial charge in [-0.3, -0.25) is 4.40 Å². The fourth-order valence-electron chi connectivity index (χ4n) is 2.29. The summed E-state index contributed by atoms with van der Waals surface area (Å²) < 4.78 is 7.34. The maximum Gasteiger partial charge on any atom is 0.161 e. The Hall–Kier alpha value is -1.46. The van der Waals surface area contributed by atoms with Crippen molar-refractivity contribution in [2.75, 3.05) is 13.2 Å². The lowest BCUT2D eigenvalue weighted by Crippen LogP contribution is -2.43. The van der Waals surface area contributed by atoms with E-state index in [1.807, 2.05) is 29.7 Å². The van der Waals surface area contributed by atoms with Gasteiger partial charge in [-0.1, -0.05) is 0 Å². The number of rotatable bonds is 1. The van der Waals surface area contributed by atoms with E-state index < -0.39 is 5.54 Å². The summed E-state index contributed by atoms with van der Waals surface area (Å²) in [4.78, 5) is 0. The van der Waals surface area contributed by atoms with Gasteiger partial charge >= 0.3 is 0 Å². The van der Waals surface area contributed by atoms with Gasteiger partial charge in [-0.25, -0.2) is 0 Å². The molecule has 2 N–H and O–H groups in total. The minimum Gasteiger partial charge on any atom is -0.381 e. The average Bonchev–Trinajstić information content (AvgIpc) is 2.73. The summed E-state index contributed by atoms with van der Waals surface area (Å²) >= 11 is 0. The molecule has 1 aliphatic rings. The molecule has 5 heteroatoms. The van der Waals surface area contributed by atoms with Gasteiger partial charge in [0.15, 0.2) is 11.5 Å². The number of nitrogens with two attached hydrogens (primary N) is 1. The molecule has 1 aliphatic heterocycles. The molecule has 0 radical (unpaired) electrons. The van der Waals surface area contributed by atoms with Gasteiger partial charge in [0.25, 0.3) is 0 Å². The summed E-state index contributed by atoms with van der Waals surface area (Å²) in [6.07, 6.45) is 3.58. The highest BCUT2D eigenvalue weighted by atomic mass is 16.5. The molecular weight excluding hydrogens is 216 g/mol. The largest absolute Gasteiger partial charge is 0.381 e. The second-order valence-electron chi connectivity index (χ2n) is 4.72. The zero-order chi connectivity index (χ0) is 11.9. The van der Waals surface area contributed by atoms with Crippen LogP contribution >= 0.6 is 0 Å². The molecule has 17 heavy (non-hydrogen) atoms. The summed E-state index contributed by atoms with van der Waals surface area (Å²) in [6, 6.07) is 4.06. The quantitative estimate of drug-likeness (QED) is 0.796. The fourth-order valence-corrected chi connectivity index (χ4v) is 2.29. The maximum absolute atomic E-state index is 6.43. The molecule has 0 aromatic carbocycles. The molecule has 0 bridgehead atoms. The van der Waals surface area contributed by atoms with Crippen LogP contribution in [0.1, 0.15) is 24.2 Å². The van der Waals surface area contributed by atoms with E-state index in [0.29, 0.717) is 13.2 Å². The molecule has 0 saturated carbocycles. The highest BCUT2D eigenvalue weighted by molar-refractivity contribution is 5.41. The normalized spacial score (nSPS) is 19.6. The minimum atomic E-state index is -0.410. The number of hydrogen-bond acceptors (Lipinski definition) is 4. The van der Waals surface area contributed by atoms with Crippen LogP contribution in [0, 0.1) is 6.92 Å². The topological polar surface area (TPSA) is 65.4 Å². The molecule has 0 amide bonds. The van der Waals surface area contributed by atoms with E-state index in [2.05, 4.69) is 10.2 Å². The van der Waals surface area contributed by atoms with E-state index in [-0.39, 0.29) is 0 Å². The van der Waals surface area contributed by atoms with Gasteiger partial charge in [0.1, 0.15) is 0 Å². The smallest absolute Gasteiger partial charge is 0.161 e. The van der Waals surface area contributed by atoms with Crippen LogP contribution in [-0.4, -0.2) is 27.8 Å². The van der Waals surface area contributed by atoms with Crippen LogP contribution in [0.3, 0.4) is 0 Å². The average molecular weight is 232 g/mol. The number of nitrogens with zero attached hydrogens (tertiary/aromatic N) is 3. The summed E-state index contributed by atoms with van der Waals surface area (Å²) in [5.74, 6) is 0.843. The summed E-state index contributed by atoms with van der Waals surface area (Å²) in [5, 5.41) is 8.46. The molecular formula is C12H16N4O. The predicted molar refractivity (Wildman–Crippen MR) is 63.6 cm³/mol. The van der Waals surface area contributed by atoms with Gasteiger partial charge in [0.2, 0.25) is 0 Å². The van der Waals surface area contributed by atoms with Gasteiger partial charge < -0.3 is 10.5 Å². The van der Waals surface area contributed by atoms with Crippen molar-refractivity contribution in [3.8, 4) is 0 Å². The van der Waals surface area contributed by atoms with Crippen molar-refractivity contribution in [1.29, 1.82) is 0 Å². The Morgan fingerprint density at radius 3 is 2.88 bits per heavy atom. The number of aromatic nitrogens is 3. The molecule has 5 nitrogen and oxygen atoms in total. The van der Waals surface area contributed by atoms with Crippen LogP contribution in [0.15, 0.2) is 18.3 Å². The maximum atomic E-state index is 6.43. The van der Waals surface area contributed by atoms with Crippen molar-refractivity contribution in [3.05, 3.63) is 29.7 Å². The Morgan fingerprint density at radius 1 is 1.35 bits per heavy atom. The Labute approximate surface area is 99.6 Å². The van der Waals surface area contributed by atoms with E-state index in [9.17, 15) is 0 Å². The Morgan fingerprint density at radius 2 is 2.12 bits per heavy atom. The summed E-state index contributed by atoms with van der Waals surface area (Å²) in [6.45, 7) is 3.43. The standard InChI is InChI=1S/C12H16N4O/c1-9-2-5-16-10(8-9)14-15-11(16)12(13)3-6-17-7-4-12/h2,5,8H,3-4,6-7,13H2,1H3. The zero-order valence-electron chi connectivity index (χ0n) is 9.89. The molecule has 1 saturated heterocycles. The van der Waals surface area contributed by atoms with Gasteiger partial charge in [-0.2, -0.15) is 0 Å². The van der Waals surface area contributed by atoms with Crippen LogP contribution in [-0.2, 0) is 10.3 Å². The van der Waals surface area contributed by atoms with E-state index in [4.69, 9.17) is 10.5 Å². The van der Waals surface area contributed by atoms with Crippen molar-refractivity contribution < 1.29 is 4.74 Å². The second kappa shape index (κ2) is 3.78. The van der Waals surface area contributed by atoms with Crippen LogP contribution in [0.5, 0.6) is 0 Å². The van der Waals surface area contributed by atoms with Crippen molar-refractivity contribution >= 4 is 5.65 Å². The third kappa shape index (κ3) is 1.71. The van der Waals surface area contributed by atoms with Crippen LogP contribution in [0.2, 0.25) is 0 Å². The molecule has 90 valence electrons. The molecule has 0 aliphatic carbocycles. The lowest BCUT2D eigenvalue weighted by Gasteiger charge is -2.31. The summed E-state index contributed by atoms with van der Waals surface area (Å²) in [7, 11) is 0. The second-order valence-corrected chi connectivity index (χ2v) is 4.72. The zero-order valence-corrected chi connectivity index (χ0v) is 9.89. The molecule has 0 atom stereocenters. The first-order valence-corrected chi connectivity index (χ1v) is 5.88. The van der Waals surface area contributed by atoms with E-state index in [1.54, 1.807) is 0 Å². The SMILES string of the molecule is Cc1ccn2c(C3(N)CCOCC3)nnc2c1. The van der Waals surface area contributed by atoms with Crippen LogP contribution in [0.4, 0.5) is 0 Å². The number of hydrogen-bond donors (Lipinski definition) is 1. The molecule has 3 heterocycles.